The number of nitrogens with zero attached hydrogens (tertiary/aromatic N) is 6. The van der Waals surface area contributed by atoms with Gasteiger partial charge in [0.25, 0.3) is 0 Å². The Bertz CT molecular complexity index is 1320. The van der Waals surface area contributed by atoms with Crippen molar-refractivity contribution in [1.82, 2.24) is 29.7 Å². The second kappa shape index (κ2) is 18.5. The van der Waals surface area contributed by atoms with Crippen LogP contribution in [0.3, 0.4) is 0 Å². The topological polar surface area (TPSA) is 199 Å². The number of aliphatic imine (C=N–C) groups is 1. The van der Waals surface area contributed by atoms with Gasteiger partial charge in [-0.3, -0.25) is 14.4 Å². The molecule has 3 heterocycles. The number of benzene rings is 1. The molecular weight excluding hydrogens is 566 g/mol. The molecule has 3 aromatic rings. The molecule has 14 heteroatoms. The molecule has 1 aliphatic rings. The van der Waals surface area contributed by atoms with Crippen molar-refractivity contribution in [1.29, 1.82) is 0 Å². The van der Waals surface area contributed by atoms with Gasteiger partial charge in [-0.15, -0.1) is 0 Å². The molecule has 0 aliphatic carbocycles. The summed E-state index contributed by atoms with van der Waals surface area (Å²) in [7, 11) is 1.62. The Morgan fingerprint density at radius 3 is 2.59 bits per heavy atom. The molecule has 1 fully saturated rings. The van der Waals surface area contributed by atoms with Crippen molar-refractivity contribution in [2.75, 3.05) is 39.0 Å². The van der Waals surface area contributed by atoms with Crippen LogP contribution in [0.1, 0.15) is 53.2 Å². The number of aromatic nitrogens is 4. The number of hydrogen-bond acceptors (Lipinski definition) is 11. The fourth-order valence-electron chi connectivity index (χ4n) is 4.15. The van der Waals surface area contributed by atoms with E-state index in [-0.39, 0.29) is 12.3 Å². The number of ether oxygens (including phenoxy) is 2. The number of amides is 1. The first-order chi connectivity index (χ1) is 21.1. The number of imidazole rings is 1. The molecule has 1 saturated heterocycles. The van der Waals surface area contributed by atoms with Gasteiger partial charge in [-0.05, 0) is 51.8 Å². The molecule has 2 aromatic heterocycles. The van der Waals surface area contributed by atoms with Crippen molar-refractivity contribution in [3.63, 3.8) is 0 Å². The average molecular weight is 614 g/mol. The predicted octanol–water partition coefficient (Wildman–Crippen LogP) is 2.21. The molecule has 1 aromatic carbocycles. The zero-order valence-electron chi connectivity index (χ0n) is 26.3. The molecule has 4 rings (SSSR count). The quantitative estimate of drug-likeness (QED) is 0.0622. The van der Waals surface area contributed by atoms with Crippen LogP contribution in [-0.2, 0) is 9.53 Å². The van der Waals surface area contributed by atoms with Gasteiger partial charge in [0.05, 0.1) is 19.0 Å². The second-order valence-electron chi connectivity index (χ2n) is 10.1. The maximum absolute atomic E-state index is 11.6. The van der Waals surface area contributed by atoms with Gasteiger partial charge in [0.2, 0.25) is 6.41 Å². The molecule has 0 spiro atoms. The number of nitrogen functional groups attached to an aromatic ring is 1. The van der Waals surface area contributed by atoms with Gasteiger partial charge >= 0.3 is 0 Å². The van der Waals surface area contributed by atoms with Crippen LogP contribution in [0.2, 0.25) is 0 Å². The molecule has 2 atom stereocenters. The summed E-state index contributed by atoms with van der Waals surface area (Å²) in [4.78, 5) is 29.8. The van der Waals surface area contributed by atoms with E-state index < -0.39 is 5.79 Å². The van der Waals surface area contributed by atoms with Gasteiger partial charge in [-0.2, -0.15) is 0 Å². The van der Waals surface area contributed by atoms with E-state index in [0.717, 1.165) is 37.0 Å². The summed E-state index contributed by atoms with van der Waals surface area (Å²) in [5, 5.41) is 19.5. The largest absolute Gasteiger partial charge is 0.492 e. The molecule has 14 nitrogen and oxygen atoms in total. The lowest BCUT2D eigenvalue weighted by Gasteiger charge is -2.17. The molecule has 0 unspecified atom stereocenters. The van der Waals surface area contributed by atoms with Gasteiger partial charge in [-0.25, -0.2) is 15.0 Å². The lowest BCUT2D eigenvalue weighted by Crippen LogP contribution is -2.31. The van der Waals surface area contributed by atoms with E-state index in [2.05, 4.69) is 25.3 Å². The summed E-state index contributed by atoms with van der Waals surface area (Å²) in [6.45, 7) is 8.51. The smallest absolute Gasteiger partial charge is 0.213 e. The van der Waals surface area contributed by atoms with Crippen molar-refractivity contribution in [2.45, 2.75) is 65.1 Å². The minimum Gasteiger partial charge on any atom is -0.492 e. The third-order valence-corrected chi connectivity index (χ3v) is 6.13. The van der Waals surface area contributed by atoms with Crippen LogP contribution in [0.25, 0.3) is 11.2 Å². The number of carbonyl (C=O) groups excluding carboxylic acids is 1. The number of para-hydroxylation sites is 1. The third kappa shape index (κ3) is 12.2. The summed E-state index contributed by atoms with van der Waals surface area (Å²) in [5.74, 6) is -0.0179. The first-order valence-electron chi connectivity index (χ1n) is 14.6. The number of hydrogen-bond donors (Lipinski definition) is 5. The van der Waals surface area contributed by atoms with E-state index >= 15 is 0 Å². The molecular formula is C30H47N9O5. The molecule has 1 aliphatic heterocycles. The Kier molecular flexibility index (Phi) is 15.2. The van der Waals surface area contributed by atoms with Crippen molar-refractivity contribution in [2.24, 2.45) is 10.7 Å². The second-order valence-corrected chi connectivity index (χ2v) is 10.1. The Hall–Kier alpha value is -4.11. The highest BCUT2D eigenvalue weighted by Gasteiger charge is 2.28. The molecule has 0 radical (unpaired) electrons. The molecule has 0 bridgehead atoms. The van der Waals surface area contributed by atoms with Crippen LogP contribution in [0.4, 0.5) is 5.82 Å². The standard InChI is InChI=1S/C25H33N9O3.C3H8O2.C2H6/c1-28-23(26)18(14-33(17-35)11-12-36-19-5-3-2-4-6-19)13-29-10-9-20-7-8-21(37-20)34-16-32-22-24(27)30-15-31-25(22)34;1-3(2,4)5;1-2/h2-6,14-17,20-21,29H,7-13H2,1H3,(H2,26,28)(H2,27,30,31);4-5H,1-2H3;1-2H3/b18-14-;;/t20-,21+;;/m0../s1. The zero-order chi connectivity index (χ0) is 32.5. The van der Waals surface area contributed by atoms with Gasteiger partial charge in [0.15, 0.2) is 17.3 Å². The number of carbonyl (C=O) groups is 1. The van der Waals surface area contributed by atoms with E-state index in [9.17, 15) is 4.79 Å². The Labute approximate surface area is 258 Å². The number of nitrogens with one attached hydrogen (secondary N) is 1. The Balaban J connectivity index is 0.000000876. The average Bonchev–Trinajstić information content (AvgIpc) is 3.66. The highest BCUT2D eigenvalue weighted by Crippen LogP contribution is 2.32. The number of aliphatic hydroxyl groups is 2. The van der Waals surface area contributed by atoms with Crippen molar-refractivity contribution in [3.8, 4) is 5.75 Å². The van der Waals surface area contributed by atoms with E-state index in [0.29, 0.717) is 49.1 Å². The maximum atomic E-state index is 11.6. The summed E-state index contributed by atoms with van der Waals surface area (Å²) in [6, 6.07) is 9.46. The fourth-order valence-corrected chi connectivity index (χ4v) is 4.15. The van der Waals surface area contributed by atoms with Crippen LogP contribution in [0.15, 0.2) is 59.8 Å². The Morgan fingerprint density at radius 2 is 1.93 bits per heavy atom. The van der Waals surface area contributed by atoms with Crippen molar-refractivity contribution < 1.29 is 24.5 Å². The normalized spacial score (nSPS) is 16.9. The summed E-state index contributed by atoms with van der Waals surface area (Å²) in [5.41, 5.74) is 14.0. The summed E-state index contributed by atoms with van der Waals surface area (Å²) in [6.07, 6.45) is 8.16. The number of amidine groups is 1. The van der Waals surface area contributed by atoms with E-state index in [1.807, 2.05) is 48.7 Å². The van der Waals surface area contributed by atoms with Gasteiger partial charge in [-0.1, -0.05) is 32.0 Å². The van der Waals surface area contributed by atoms with Crippen LogP contribution in [0, 0.1) is 0 Å². The number of fused-ring (bicyclic) bond motifs is 1. The highest BCUT2D eigenvalue weighted by atomic mass is 16.5. The van der Waals surface area contributed by atoms with E-state index in [4.69, 9.17) is 31.2 Å². The van der Waals surface area contributed by atoms with Gasteiger partial charge < -0.3 is 41.4 Å². The molecule has 44 heavy (non-hydrogen) atoms. The SMILES string of the molecule is CC.CC(C)(O)O.CN=C(N)/C(=C\N(C=O)CCOc1ccccc1)CNCC[C@@H]1CC[C@H](n2cnc3c(N)ncnc32)O1. The summed E-state index contributed by atoms with van der Waals surface area (Å²) >= 11 is 0. The predicted molar refractivity (Wildman–Crippen MR) is 171 cm³/mol. The Morgan fingerprint density at radius 1 is 1.23 bits per heavy atom. The van der Waals surface area contributed by atoms with Crippen molar-refractivity contribution >= 4 is 29.2 Å². The lowest BCUT2D eigenvalue weighted by molar-refractivity contribution is -0.127. The number of rotatable bonds is 13. The minimum absolute atomic E-state index is 0.0976. The maximum Gasteiger partial charge on any atom is 0.213 e. The highest BCUT2D eigenvalue weighted by molar-refractivity contribution is 5.97. The van der Waals surface area contributed by atoms with Crippen LogP contribution >= 0.6 is 0 Å². The lowest BCUT2D eigenvalue weighted by atomic mass is 10.1. The first-order valence-corrected chi connectivity index (χ1v) is 14.6. The number of anilines is 1. The molecule has 0 saturated carbocycles. The van der Waals surface area contributed by atoms with E-state index in [1.54, 1.807) is 19.6 Å². The molecule has 7 N–H and O–H groups in total. The molecule has 242 valence electrons. The van der Waals surface area contributed by atoms with Crippen LogP contribution in [-0.4, -0.2) is 92.1 Å². The van der Waals surface area contributed by atoms with E-state index in [1.165, 1.54) is 25.1 Å². The molecule has 1 amide bonds. The summed E-state index contributed by atoms with van der Waals surface area (Å²) < 4.78 is 13.8. The fraction of sp³-hybridized carbons (Fsp3) is 0.500. The van der Waals surface area contributed by atoms with Gasteiger partial charge in [0, 0.05) is 25.4 Å². The third-order valence-electron chi connectivity index (χ3n) is 6.13. The first kappa shape index (κ1) is 36.1. The van der Waals surface area contributed by atoms with Gasteiger partial charge in [0.1, 0.15) is 36.3 Å². The van der Waals surface area contributed by atoms with Crippen LogP contribution in [0.5, 0.6) is 5.75 Å². The monoisotopic (exact) mass is 613 g/mol. The van der Waals surface area contributed by atoms with Crippen molar-refractivity contribution in [3.05, 3.63) is 54.8 Å². The number of nitrogens with two attached hydrogens (primary N) is 2. The minimum atomic E-state index is -1.50. The van der Waals surface area contributed by atoms with Crippen LogP contribution < -0.4 is 21.5 Å². The zero-order valence-corrected chi connectivity index (χ0v) is 26.3.